The summed E-state index contributed by atoms with van der Waals surface area (Å²) in [6.45, 7) is 0. The van der Waals surface area contributed by atoms with Crippen LogP contribution in [0, 0.1) is 0 Å². The molecule has 0 atom stereocenters. The van der Waals surface area contributed by atoms with E-state index in [9.17, 15) is 4.79 Å². The summed E-state index contributed by atoms with van der Waals surface area (Å²) in [4.78, 5) is 12.3. The summed E-state index contributed by atoms with van der Waals surface area (Å²) in [7, 11) is 1.57. The quantitative estimate of drug-likeness (QED) is 0.902. The molecule has 1 amide bonds. The summed E-state index contributed by atoms with van der Waals surface area (Å²) in [5.41, 5.74) is 4.46. The fourth-order valence-corrected chi connectivity index (χ4v) is 3.23. The molecule has 1 N–H and O–H groups in total. The van der Waals surface area contributed by atoms with Crippen molar-refractivity contribution in [3.8, 4) is 5.75 Å². The van der Waals surface area contributed by atoms with Gasteiger partial charge in [0.25, 0.3) is 0 Å². The molecule has 0 saturated heterocycles. The Morgan fingerprint density at radius 1 is 1.13 bits per heavy atom. The number of nitrogens with one attached hydrogen (secondary N) is 1. The second-order valence-electron chi connectivity index (χ2n) is 5.88. The number of amides is 1. The van der Waals surface area contributed by atoms with Gasteiger partial charge in [0, 0.05) is 5.02 Å². The predicted molar refractivity (Wildman–Crippen MR) is 93.4 cm³/mol. The van der Waals surface area contributed by atoms with Crippen LogP contribution in [0.1, 0.15) is 29.5 Å². The number of fused-ring (bicyclic) bond motifs is 1. The summed E-state index contributed by atoms with van der Waals surface area (Å²) in [6, 6.07) is 11.6. The Bertz CT molecular complexity index is 727. The van der Waals surface area contributed by atoms with Crippen LogP contribution in [-0.4, -0.2) is 13.0 Å². The van der Waals surface area contributed by atoms with Crippen LogP contribution in [0.25, 0.3) is 0 Å². The van der Waals surface area contributed by atoms with E-state index in [1.54, 1.807) is 25.3 Å². The minimum absolute atomic E-state index is 0.0682. The van der Waals surface area contributed by atoms with E-state index in [-0.39, 0.29) is 5.91 Å². The van der Waals surface area contributed by atoms with Crippen LogP contribution in [0.3, 0.4) is 0 Å². The molecule has 0 radical (unpaired) electrons. The smallest absolute Gasteiger partial charge is 0.228 e. The molecule has 1 aliphatic rings. The summed E-state index contributed by atoms with van der Waals surface area (Å²) in [5, 5.41) is 3.45. The second kappa shape index (κ2) is 7.05. The monoisotopic (exact) mass is 329 g/mol. The molecular weight excluding hydrogens is 310 g/mol. The van der Waals surface area contributed by atoms with Crippen LogP contribution >= 0.6 is 11.6 Å². The average molecular weight is 330 g/mol. The molecule has 0 aromatic heterocycles. The molecule has 0 bridgehead atoms. The molecule has 120 valence electrons. The number of anilines is 1. The van der Waals surface area contributed by atoms with E-state index in [4.69, 9.17) is 16.3 Å². The van der Waals surface area contributed by atoms with Gasteiger partial charge in [-0.25, -0.2) is 0 Å². The van der Waals surface area contributed by atoms with E-state index in [0.717, 1.165) is 18.4 Å². The van der Waals surface area contributed by atoms with E-state index in [0.29, 0.717) is 22.9 Å². The average Bonchev–Trinajstić information content (AvgIpc) is 2.55. The van der Waals surface area contributed by atoms with Gasteiger partial charge in [0.15, 0.2) is 0 Å². The van der Waals surface area contributed by atoms with Gasteiger partial charge in [0.2, 0.25) is 5.91 Å². The van der Waals surface area contributed by atoms with Gasteiger partial charge in [-0.15, -0.1) is 0 Å². The minimum Gasteiger partial charge on any atom is -0.495 e. The van der Waals surface area contributed by atoms with Crippen molar-refractivity contribution in [3.63, 3.8) is 0 Å². The van der Waals surface area contributed by atoms with Crippen molar-refractivity contribution in [1.82, 2.24) is 0 Å². The summed E-state index contributed by atoms with van der Waals surface area (Å²) >= 11 is 5.99. The van der Waals surface area contributed by atoms with Gasteiger partial charge in [0.05, 0.1) is 19.2 Å². The maximum Gasteiger partial charge on any atom is 0.228 e. The van der Waals surface area contributed by atoms with Crippen molar-refractivity contribution in [2.75, 3.05) is 12.4 Å². The predicted octanol–water partition coefficient (Wildman–Crippen LogP) is 4.41. The molecule has 0 heterocycles. The summed E-state index contributed by atoms with van der Waals surface area (Å²) in [6.07, 6.45) is 5.13. The molecule has 0 saturated carbocycles. The first-order valence-corrected chi connectivity index (χ1v) is 8.27. The molecule has 0 unspecified atom stereocenters. The third kappa shape index (κ3) is 3.85. The highest BCUT2D eigenvalue weighted by molar-refractivity contribution is 6.31. The van der Waals surface area contributed by atoms with Crippen LogP contribution in [0.15, 0.2) is 36.4 Å². The molecule has 1 aliphatic carbocycles. The van der Waals surface area contributed by atoms with Crippen LogP contribution in [-0.2, 0) is 24.1 Å². The number of carbonyl (C=O) groups excluding carboxylic acids is 1. The zero-order valence-corrected chi connectivity index (χ0v) is 14.0. The third-order valence-corrected chi connectivity index (χ3v) is 4.45. The van der Waals surface area contributed by atoms with Gasteiger partial charge in [-0.2, -0.15) is 0 Å². The van der Waals surface area contributed by atoms with E-state index in [1.165, 1.54) is 24.0 Å². The van der Waals surface area contributed by atoms with Crippen molar-refractivity contribution < 1.29 is 9.53 Å². The number of aryl methyl sites for hydroxylation is 2. The Labute approximate surface area is 141 Å². The van der Waals surface area contributed by atoms with Gasteiger partial charge in [-0.1, -0.05) is 29.8 Å². The molecule has 23 heavy (non-hydrogen) atoms. The molecule has 0 spiro atoms. The van der Waals surface area contributed by atoms with Crippen LogP contribution in [0.5, 0.6) is 5.75 Å². The molecule has 4 heteroatoms. The van der Waals surface area contributed by atoms with Crippen molar-refractivity contribution in [2.24, 2.45) is 0 Å². The van der Waals surface area contributed by atoms with Crippen LogP contribution in [0.2, 0.25) is 5.02 Å². The van der Waals surface area contributed by atoms with Crippen molar-refractivity contribution in [1.29, 1.82) is 0 Å². The molecule has 0 fully saturated rings. The lowest BCUT2D eigenvalue weighted by molar-refractivity contribution is -0.115. The number of ether oxygens (including phenoxy) is 1. The van der Waals surface area contributed by atoms with Gasteiger partial charge in [0.1, 0.15) is 5.75 Å². The Morgan fingerprint density at radius 2 is 1.91 bits per heavy atom. The number of hydrogen-bond donors (Lipinski definition) is 1. The SMILES string of the molecule is COc1ccc(Cl)cc1NC(=O)Cc1ccc2c(c1)CCCC2. The van der Waals surface area contributed by atoms with E-state index in [1.807, 2.05) is 0 Å². The van der Waals surface area contributed by atoms with Gasteiger partial charge in [-0.05, 0) is 60.6 Å². The van der Waals surface area contributed by atoms with Gasteiger partial charge in [-0.3, -0.25) is 4.79 Å². The summed E-state index contributed by atoms with van der Waals surface area (Å²) < 4.78 is 5.25. The Morgan fingerprint density at radius 3 is 2.70 bits per heavy atom. The Balaban J connectivity index is 1.71. The normalized spacial score (nSPS) is 13.3. The zero-order valence-electron chi connectivity index (χ0n) is 13.2. The summed E-state index contributed by atoms with van der Waals surface area (Å²) in [5.74, 6) is 0.537. The van der Waals surface area contributed by atoms with Crippen molar-refractivity contribution >= 4 is 23.2 Å². The fraction of sp³-hybridized carbons (Fsp3) is 0.316. The number of halogens is 1. The highest BCUT2D eigenvalue weighted by atomic mass is 35.5. The molecule has 2 aromatic rings. The van der Waals surface area contributed by atoms with E-state index < -0.39 is 0 Å². The highest BCUT2D eigenvalue weighted by Gasteiger charge is 2.12. The second-order valence-corrected chi connectivity index (χ2v) is 6.32. The number of carbonyl (C=O) groups is 1. The fourth-order valence-electron chi connectivity index (χ4n) is 3.05. The first kappa shape index (κ1) is 15.9. The molecule has 3 rings (SSSR count). The molecule has 2 aromatic carbocycles. The van der Waals surface area contributed by atoms with E-state index >= 15 is 0 Å². The lowest BCUT2D eigenvalue weighted by Gasteiger charge is -2.16. The van der Waals surface area contributed by atoms with Crippen molar-refractivity contribution in [3.05, 3.63) is 58.1 Å². The Hall–Kier alpha value is -2.00. The highest BCUT2D eigenvalue weighted by Crippen LogP contribution is 2.28. The maximum absolute atomic E-state index is 12.3. The zero-order chi connectivity index (χ0) is 16.2. The number of benzene rings is 2. The molecule has 0 aliphatic heterocycles. The Kier molecular flexibility index (Phi) is 4.87. The molecule has 3 nitrogen and oxygen atoms in total. The van der Waals surface area contributed by atoms with Crippen LogP contribution in [0.4, 0.5) is 5.69 Å². The first-order valence-electron chi connectivity index (χ1n) is 7.90. The lowest BCUT2D eigenvalue weighted by Crippen LogP contribution is -2.15. The topological polar surface area (TPSA) is 38.3 Å². The van der Waals surface area contributed by atoms with Crippen molar-refractivity contribution in [2.45, 2.75) is 32.1 Å². The van der Waals surface area contributed by atoms with Crippen LogP contribution < -0.4 is 10.1 Å². The van der Waals surface area contributed by atoms with Gasteiger partial charge < -0.3 is 10.1 Å². The number of rotatable bonds is 4. The third-order valence-electron chi connectivity index (χ3n) is 4.21. The minimum atomic E-state index is -0.0682. The maximum atomic E-state index is 12.3. The largest absolute Gasteiger partial charge is 0.495 e. The standard InChI is InChI=1S/C19H20ClNO2/c1-23-18-9-8-16(20)12-17(18)21-19(22)11-13-6-7-14-4-2-3-5-15(14)10-13/h6-10,12H,2-5,11H2,1H3,(H,21,22). The van der Waals surface area contributed by atoms with E-state index in [2.05, 4.69) is 23.5 Å². The number of methoxy groups -OCH3 is 1. The molecular formula is C19H20ClNO2. The van der Waals surface area contributed by atoms with Gasteiger partial charge >= 0.3 is 0 Å². The lowest BCUT2D eigenvalue weighted by atomic mass is 9.90. The first-order chi connectivity index (χ1) is 11.2. The number of hydrogen-bond acceptors (Lipinski definition) is 2.